The Balaban J connectivity index is 0.00000144. The zero-order valence-corrected chi connectivity index (χ0v) is 8.45. The summed E-state index contributed by atoms with van der Waals surface area (Å²) in [5.74, 6) is -0.581. The molecule has 0 heterocycles. The second-order valence-corrected chi connectivity index (χ2v) is 4.10. The van der Waals surface area contributed by atoms with Gasteiger partial charge in [-0.15, -0.1) is 12.4 Å². The second-order valence-electron chi connectivity index (χ2n) is 2.35. The second kappa shape index (κ2) is 4.43. The summed E-state index contributed by atoms with van der Waals surface area (Å²) < 4.78 is 36.2. The molecule has 1 aromatic carbocycles. The van der Waals surface area contributed by atoms with Crippen LogP contribution in [-0.2, 0) is 10.0 Å². The maximum atomic E-state index is 12.8. The topological polar surface area (TPSA) is 46.2 Å². The maximum Gasteiger partial charge on any atom is 0.229 e. The first-order valence-electron chi connectivity index (χ1n) is 3.21. The van der Waals surface area contributed by atoms with Crippen LogP contribution in [-0.4, -0.2) is 14.7 Å². The van der Waals surface area contributed by atoms with Crippen molar-refractivity contribution in [2.24, 2.45) is 0 Å². The molecule has 0 aliphatic rings. The van der Waals surface area contributed by atoms with Crippen LogP contribution in [0.25, 0.3) is 0 Å². The van der Waals surface area contributed by atoms with E-state index < -0.39 is 15.8 Å². The first-order valence-corrected chi connectivity index (χ1v) is 5.10. The predicted molar refractivity (Wildman–Crippen MR) is 52.1 cm³/mol. The molecule has 0 fully saturated rings. The average molecular weight is 226 g/mol. The third-order valence-corrected chi connectivity index (χ3v) is 1.76. The first-order chi connectivity index (χ1) is 5.49. The Hall–Kier alpha value is -0.810. The SMILES string of the molecule is CS(=O)(=O)Nc1ccccc1F.Cl. The van der Waals surface area contributed by atoms with Gasteiger partial charge in [0.2, 0.25) is 10.0 Å². The van der Waals surface area contributed by atoms with Gasteiger partial charge >= 0.3 is 0 Å². The van der Waals surface area contributed by atoms with E-state index in [1.807, 2.05) is 4.72 Å². The monoisotopic (exact) mass is 225 g/mol. The van der Waals surface area contributed by atoms with Crippen molar-refractivity contribution in [1.82, 2.24) is 0 Å². The highest BCUT2D eigenvalue weighted by molar-refractivity contribution is 7.92. The van der Waals surface area contributed by atoms with Crippen LogP contribution >= 0.6 is 12.4 Å². The lowest BCUT2D eigenvalue weighted by Crippen LogP contribution is -2.10. The molecule has 74 valence electrons. The number of hydrogen-bond acceptors (Lipinski definition) is 2. The molecule has 0 amide bonds. The Labute approximate surface area is 82.4 Å². The highest BCUT2D eigenvalue weighted by atomic mass is 35.5. The third-order valence-electron chi connectivity index (χ3n) is 1.17. The molecule has 13 heavy (non-hydrogen) atoms. The Bertz CT molecular complexity index is 380. The fourth-order valence-electron chi connectivity index (χ4n) is 0.744. The minimum atomic E-state index is -3.39. The molecule has 1 rings (SSSR count). The average Bonchev–Trinajstić information content (AvgIpc) is 1.91. The van der Waals surface area contributed by atoms with Crippen LogP contribution in [0.5, 0.6) is 0 Å². The third kappa shape index (κ3) is 4.10. The Kier molecular flexibility index (Phi) is 4.16. The van der Waals surface area contributed by atoms with Gasteiger partial charge < -0.3 is 0 Å². The van der Waals surface area contributed by atoms with Gasteiger partial charge in [0.1, 0.15) is 5.82 Å². The van der Waals surface area contributed by atoms with Crippen molar-refractivity contribution in [3.63, 3.8) is 0 Å². The summed E-state index contributed by atoms with van der Waals surface area (Å²) in [6.45, 7) is 0. The van der Waals surface area contributed by atoms with E-state index in [-0.39, 0.29) is 18.1 Å². The summed E-state index contributed by atoms with van der Waals surface area (Å²) in [5.41, 5.74) is -0.0278. The summed E-state index contributed by atoms with van der Waals surface area (Å²) >= 11 is 0. The van der Waals surface area contributed by atoms with Gasteiger partial charge in [-0.2, -0.15) is 0 Å². The van der Waals surface area contributed by atoms with Crippen LogP contribution in [0.15, 0.2) is 24.3 Å². The van der Waals surface area contributed by atoms with Crippen LogP contribution in [0.4, 0.5) is 10.1 Å². The fraction of sp³-hybridized carbons (Fsp3) is 0.143. The molecule has 0 unspecified atom stereocenters. The number of para-hydroxylation sites is 1. The van der Waals surface area contributed by atoms with Gasteiger partial charge in [-0.1, -0.05) is 12.1 Å². The van der Waals surface area contributed by atoms with Crippen LogP contribution in [0.3, 0.4) is 0 Å². The Morgan fingerprint density at radius 1 is 1.31 bits per heavy atom. The minimum absolute atomic E-state index is 0. The van der Waals surface area contributed by atoms with Gasteiger partial charge in [-0.3, -0.25) is 4.72 Å². The van der Waals surface area contributed by atoms with Crippen molar-refractivity contribution in [3.8, 4) is 0 Å². The molecule has 6 heteroatoms. The number of hydrogen-bond donors (Lipinski definition) is 1. The van der Waals surface area contributed by atoms with Gasteiger partial charge in [-0.25, -0.2) is 12.8 Å². The lowest BCUT2D eigenvalue weighted by molar-refractivity contribution is 0.603. The Morgan fingerprint density at radius 3 is 2.31 bits per heavy atom. The molecular formula is C7H9ClFNO2S. The van der Waals surface area contributed by atoms with E-state index in [1.165, 1.54) is 18.2 Å². The number of benzene rings is 1. The summed E-state index contributed by atoms with van der Waals surface area (Å²) in [4.78, 5) is 0. The molecule has 0 radical (unpaired) electrons. The molecule has 0 aliphatic heterocycles. The van der Waals surface area contributed by atoms with Gasteiger partial charge in [-0.05, 0) is 12.1 Å². The highest BCUT2D eigenvalue weighted by Crippen LogP contribution is 2.12. The normalized spacial score (nSPS) is 10.3. The van der Waals surface area contributed by atoms with Crippen molar-refractivity contribution >= 4 is 28.1 Å². The van der Waals surface area contributed by atoms with E-state index >= 15 is 0 Å². The summed E-state index contributed by atoms with van der Waals surface area (Å²) in [6.07, 6.45) is 0.972. The molecule has 0 aromatic heterocycles. The van der Waals surface area contributed by atoms with Gasteiger partial charge in [0, 0.05) is 0 Å². The number of anilines is 1. The maximum absolute atomic E-state index is 12.8. The Morgan fingerprint density at radius 2 is 1.85 bits per heavy atom. The van der Waals surface area contributed by atoms with Crippen molar-refractivity contribution in [2.75, 3.05) is 11.0 Å². The molecule has 0 saturated carbocycles. The van der Waals surface area contributed by atoms with Crippen LogP contribution in [0.2, 0.25) is 0 Å². The van der Waals surface area contributed by atoms with Crippen molar-refractivity contribution in [2.45, 2.75) is 0 Å². The molecule has 0 saturated heterocycles. The smallest absolute Gasteiger partial charge is 0.229 e. The van der Waals surface area contributed by atoms with Gasteiger partial charge in [0.25, 0.3) is 0 Å². The molecule has 1 N–H and O–H groups in total. The van der Waals surface area contributed by atoms with Gasteiger partial charge in [0.15, 0.2) is 0 Å². The number of sulfonamides is 1. The summed E-state index contributed by atoms with van der Waals surface area (Å²) in [5, 5.41) is 0. The quantitative estimate of drug-likeness (QED) is 0.832. The van der Waals surface area contributed by atoms with Gasteiger partial charge in [0.05, 0.1) is 11.9 Å². The van der Waals surface area contributed by atoms with E-state index in [1.54, 1.807) is 6.07 Å². The minimum Gasteiger partial charge on any atom is -0.281 e. The number of nitrogens with one attached hydrogen (secondary N) is 1. The molecule has 0 spiro atoms. The van der Waals surface area contributed by atoms with Crippen LogP contribution in [0.1, 0.15) is 0 Å². The number of rotatable bonds is 2. The highest BCUT2D eigenvalue weighted by Gasteiger charge is 2.04. The van der Waals surface area contributed by atoms with Crippen molar-refractivity contribution < 1.29 is 12.8 Å². The van der Waals surface area contributed by atoms with E-state index in [9.17, 15) is 12.8 Å². The van der Waals surface area contributed by atoms with E-state index in [0.29, 0.717) is 0 Å². The van der Waals surface area contributed by atoms with Crippen LogP contribution < -0.4 is 4.72 Å². The zero-order valence-electron chi connectivity index (χ0n) is 6.82. The van der Waals surface area contributed by atoms with Crippen molar-refractivity contribution in [1.29, 1.82) is 0 Å². The van der Waals surface area contributed by atoms with Crippen LogP contribution in [0, 0.1) is 5.82 Å². The van der Waals surface area contributed by atoms with E-state index in [2.05, 4.69) is 0 Å². The standard InChI is InChI=1S/C7H8FNO2S.ClH/c1-12(10,11)9-7-5-3-2-4-6(7)8;/h2-5,9H,1H3;1H. The molecule has 0 bridgehead atoms. The first kappa shape index (κ1) is 12.2. The largest absolute Gasteiger partial charge is 0.281 e. The molecule has 3 nitrogen and oxygen atoms in total. The number of halogens is 2. The molecule has 1 aromatic rings. The fourth-order valence-corrected chi connectivity index (χ4v) is 1.31. The predicted octanol–water partition coefficient (Wildman–Crippen LogP) is 1.62. The summed E-state index contributed by atoms with van der Waals surface area (Å²) in [6, 6.07) is 5.59. The summed E-state index contributed by atoms with van der Waals surface area (Å²) in [7, 11) is -3.39. The molecule has 0 aliphatic carbocycles. The molecular weight excluding hydrogens is 217 g/mol. The lowest BCUT2D eigenvalue weighted by Gasteiger charge is -2.03. The van der Waals surface area contributed by atoms with E-state index in [4.69, 9.17) is 0 Å². The zero-order chi connectivity index (χ0) is 9.19. The lowest BCUT2D eigenvalue weighted by atomic mass is 10.3. The van der Waals surface area contributed by atoms with E-state index in [0.717, 1.165) is 6.26 Å². The molecule has 0 atom stereocenters. The van der Waals surface area contributed by atoms with Crippen molar-refractivity contribution in [3.05, 3.63) is 30.1 Å².